The first-order valence-electron chi connectivity index (χ1n) is 3.64. The van der Waals surface area contributed by atoms with Gasteiger partial charge in [-0.1, -0.05) is 0 Å². The molecule has 0 saturated carbocycles. The average Bonchev–Trinajstić information content (AvgIpc) is 2.08. The van der Waals surface area contributed by atoms with Crippen LogP contribution in [0.3, 0.4) is 0 Å². The molecule has 0 radical (unpaired) electrons. The third-order valence-corrected chi connectivity index (χ3v) is 2.23. The second-order valence-corrected chi connectivity index (χ2v) is 3.46. The fraction of sp³-hybridized carbons (Fsp3) is 0.375. The predicted octanol–water partition coefficient (Wildman–Crippen LogP) is 1.14. The van der Waals surface area contributed by atoms with Gasteiger partial charge in [-0.3, -0.25) is 4.98 Å². The molecule has 1 aromatic rings. The van der Waals surface area contributed by atoms with Crippen molar-refractivity contribution in [3.63, 3.8) is 0 Å². The predicted molar refractivity (Wildman–Crippen MR) is 50.7 cm³/mol. The van der Waals surface area contributed by atoms with Gasteiger partial charge in [-0.2, -0.15) is 0 Å². The highest BCUT2D eigenvalue weighted by molar-refractivity contribution is 9.10. The number of nitrogens with two attached hydrogens (primary N) is 1. The van der Waals surface area contributed by atoms with Crippen molar-refractivity contribution >= 4 is 15.9 Å². The molecule has 0 aliphatic carbocycles. The van der Waals surface area contributed by atoms with Gasteiger partial charge < -0.3 is 10.8 Å². The number of hydrogen-bond donors (Lipinski definition) is 2. The molecule has 0 amide bonds. The molecular formula is C8H11BrN2O. The quantitative estimate of drug-likeness (QED) is 0.802. The van der Waals surface area contributed by atoms with Gasteiger partial charge in [-0.05, 0) is 35.0 Å². The number of aliphatic hydroxyl groups excluding tert-OH is 1. The maximum Gasteiger partial charge on any atom is 0.0739 e. The van der Waals surface area contributed by atoms with Crippen LogP contribution in [0.2, 0.25) is 0 Å². The van der Waals surface area contributed by atoms with Gasteiger partial charge in [0.15, 0.2) is 0 Å². The summed E-state index contributed by atoms with van der Waals surface area (Å²) in [5, 5.41) is 8.82. The SMILES string of the molecule is Cc1ccc(Br)c(C(N)CO)n1. The second-order valence-electron chi connectivity index (χ2n) is 2.61. The van der Waals surface area contributed by atoms with Crippen LogP contribution in [-0.2, 0) is 0 Å². The van der Waals surface area contributed by atoms with Crippen molar-refractivity contribution in [2.24, 2.45) is 5.73 Å². The molecule has 0 aliphatic heterocycles. The van der Waals surface area contributed by atoms with Gasteiger partial charge in [-0.25, -0.2) is 0 Å². The van der Waals surface area contributed by atoms with Gasteiger partial charge in [0.05, 0.1) is 18.3 Å². The van der Waals surface area contributed by atoms with E-state index in [4.69, 9.17) is 10.8 Å². The monoisotopic (exact) mass is 230 g/mol. The van der Waals surface area contributed by atoms with Crippen LogP contribution in [0.15, 0.2) is 16.6 Å². The average molecular weight is 231 g/mol. The number of aryl methyl sites for hydroxylation is 1. The molecule has 3 nitrogen and oxygen atoms in total. The van der Waals surface area contributed by atoms with E-state index in [2.05, 4.69) is 20.9 Å². The van der Waals surface area contributed by atoms with Crippen molar-refractivity contribution in [2.75, 3.05) is 6.61 Å². The topological polar surface area (TPSA) is 59.1 Å². The third-order valence-electron chi connectivity index (χ3n) is 1.56. The van der Waals surface area contributed by atoms with Gasteiger partial charge in [0, 0.05) is 10.2 Å². The van der Waals surface area contributed by atoms with E-state index in [9.17, 15) is 0 Å². The Kier molecular flexibility index (Phi) is 3.20. The van der Waals surface area contributed by atoms with Crippen LogP contribution < -0.4 is 5.73 Å². The maximum absolute atomic E-state index is 8.82. The number of halogens is 1. The Labute approximate surface area is 79.7 Å². The molecule has 12 heavy (non-hydrogen) atoms. The number of pyridine rings is 1. The zero-order chi connectivity index (χ0) is 9.14. The van der Waals surface area contributed by atoms with Crippen molar-refractivity contribution in [3.8, 4) is 0 Å². The fourth-order valence-corrected chi connectivity index (χ4v) is 1.42. The van der Waals surface area contributed by atoms with E-state index in [-0.39, 0.29) is 6.61 Å². The summed E-state index contributed by atoms with van der Waals surface area (Å²) >= 11 is 3.32. The molecule has 4 heteroatoms. The number of nitrogens with zero attached hydrogens (tertiary/aromatic N) is 1. The summed E-state index contributed by atoms with van der Waals surface area (Å²) in [6.07, 6.45) is 0. The summed E-state index contributed by atoms with van der Waals surface area (Å²) in [6, 6.07) is 3.37. The lowest BCUT2D eigenvalue weighted by atomic mass is 10.2. The number of aliphatic hydroxyl groups is 1. The van der Waals surface area contributed by atoms with E-state index >= 15 is 0 Å². The summed E-state index contributed by atoms with van der Waals surface area (Å²) < 4.78 is 0.842. The molecule has 1 aromatic heterocycles. The number of hydrogen-bond acceptors (Lipinski definition) is 3. The Morgan fingerprint density at radius 1 is 1.67 bits per heavy atom. The molecule has 0 aliphatic rings. The first-order valence-corrected chi connectivity index (χ1v) is 4.44. The Bertz CT molecular complexity index is 278. The molecule has 0 spiro atoms. The lowest BCUT2D eigenvalue weighted by molar-refractivity contribution is 0.265. The van der Waals surface area contributed by atoms with E-state index in [0.717, 1.165) is 10.2 Å². The van der Waals surface area contributed by atoms with E-state index in [1.165, 1.54) is 0 Å². The molecule has 3 N–H and O–H groups in total. The molecule has 66 valence electrons. The minimum absolute atomic E-state index is 0.0882. The van der Waals surface area contributed by atoms with Crippen LogP contribution in [-0.4, -0.2) is 16.7 Å². The van der Waals surface area contributed by atoms with E-state index in [1.54, 1.807) is 0 Å². The van der Waals surface area contributed by atoms with Crippen molar-refractivity contribution in [2.45, 2.75) is 13.0 Å². The molecule has 0 saturated heterocycles. The van der Waals surface area contributed by atoms with E-state index < -0.39 is 6.04 Å². The van der Waals surface area contributed by atoms with Crippen molar-refractivity contribution in [3.05, 3.63) is 28.0 Å². The maximum atomic E-state index is 8.82. The summed E-state index contributed by atoms with van der Waals surface area (Å²) in [6.45, 7) is 1.80. The lowest BCUT2D eigenvalue weighted by Crippen LogP contribution is -2.17. The highest BCUT2D eigenvalue weighted by Crippen LogP contribution is 2.19. The first kappa shape index (κ1) is 9.64. The van der Waals surface area contributed by atoms with E-state index in [1.807, 2.05) is 19.1 Å². The molecule has 0 aromatic carbocycles. The molecular weight excluding hydrogens is 220 g/mol. The molecule has 0 bridgehead atoms. The molecule has 1 rings (SSSR count). The number of rotatable bonds is 2. The van der Waals surface area contributed by atoms with Crippen molar-refractivity contribution < 1.29 is 5.11 Å². The van der Waals surface area contributed by atoms with E-state index in [0.29, 0.717) is 5.69 Å². The minimum Gasteiger partial charge on any atom is -0.394 e. The van der Waals surface area contributed by atoms with Crippen LogP contribution in [0.5, 0.6) is 0 Å². The largest absolute Gasteiger partial charge is 0.394 e. The smallest absolute Gasteiger partial charge is 0.0739 e. The highest BCUT2D eigenvalue weighted by Gasteiger charge is 2.09. The highest BCUT2D eigenvalue weighted by atomic mass is 79.9. The van der Waals surface area contributed by atoms with Crippen molar-refractivity contribution in [1.29, 1.82) is 0 Å². The summed E-state index contributed by atoms with van der Waals surface area (Å²) in [4.78, 5) is 4.21. The van der Waals surface area contributed by atoms with Gasteiger partial charge in [0.2, 0.25) is 0 Å². The van der Waals surface area contributed by atoms with Gasteiger partial charge in [-0.15, -0.1) is 0 Å². The Morgan fingerprint density at radius 3 is 2.92 bits per heavy atom. The standard InChI is InChI=1S/C8H11BrN2O/c1-5-2-3-6(9)8(11-5)7(10)4-12/h2-3,7,12H,4,10H2,1H3. The lowest BCUT2D eigenvalue weighted by Gasteiger charge is -2.09. The molecule has 1 atom stereocenters. The second kappa shape index (κ2) is 3.98. The van der Waals surface area contributed by atoms with Crippen LogP contribution >= 0.6 is 15.9 Å². The van der Waals surface area contributed by atoms with Gasteiger partial charge >= 0.3 is 0 Å². The van der Waals surface area contributed by atoms with Gasteiger partial charge in [0.25, 0.3) is 0 Å². The summed E-state index contributed by atoms with van der Waals surface area (Å²) in [5.41, 5.74) is 7.23. The Balaban J connectivity index is 3.04. The van der Waals surface area contributed by atoms with Gasteiger partial charge in [0.1, 0.15) is 0 Å². The third kappa shape index (κ3) is 2.03. The van der Waals surface area contributed by atoms with Crippen molar-refractivity contribution in [1.82, 2.24) is 4.98 Å². The van der Waals surface area contributed by atoms with Crippen LogP contribution in [0.25, 0.3) is 0 Å². The molecule has 1 heterocycles. The van der Waals surface area contributed by atoms with Crippen LogP contribution in [0, 0.1) is 6.92 Å². The molecule has 0 fully saturated rings. The number of aromatic nitrogens is 1. The Hall–Kier alpha value is -0.450. The zero-order valence-electron chi connectivity index (χ0n) is 6.79. The Morgan fingerprint density at radius 2 is 2.33 bits per heavy atom. The zero-order valence-corrected chi connectivity index (χ0v) is 8.37. The summed E-state index contributed by atoms with van der Waals surface area (Å²) in [5.74, 6) is 0. The first-order chi connectivity index (χ1) is 5.65. The van der Waals surface area contributed by atoms with Crippen LogP contribution in [0.1, 0.15) is 17.4 Å². The molecule has 1 unspecified atom stereocenters. The normalized spacial score (nSPS) is 13.0. The fourth-order valence-electron chi connectivity index (χ4n) is 0.906. The summed E-state index contributed by atoms with van der Waals surface area (Å²) in [7, 11) is 0. The minimum atomic E-state index is -0.403. The van der Waals surface area contributed by atoms with Crippen LogP contribution in [0.4, 0.5) is 0 Å².